The Morgan fingerprint density at radius 1 is 1.08 bits per heavy atom. The molecule has 1 radical (unpaired) electrons. The fourth-order valence-corrected chi connectivity index (χ4v) is 0.340. The Bertz CT molecular complexity index is 81.2. The second-order valence-corrected chi connectivity index (χ2v) is 2.16. The average Bonchev–Trinajstić information content (AvgIpc) is 2.44. The first-order valence-corrected chi connectivity index (χ1v) is 4.03. The second-order valence-electron chi connectivity index (χ2n) is 2.16. The Labute approximate surface area is 90.9 Å². The van der Waals surface area contributed by atoms with Crippen LogP contribution in [0.3, 0.4) is 0 Å². The maximum absolute atomic E-state index is 2.99. The predicted molar refractivity (Wildman–Crippen MR) is 52.9 cm³/mol. The zero-order valence-corrected chi connectivity index (χ0v) is 10.2. The van der Waals surface area contributed by atoms with Crippen molar-refractivity contribution in [3.05, 3.63) is 37.1 Å². The summed E-state index contributed by atoms with van der Waals surface area (Å²) in [7, 11) is 0. The molecule has 0 aliphatic heterocycles. The molecule has 71 valence electrons. The van der Waals surface area contributed by atoms with Gasteiger partial charge in [0.05, 0.1) is 0 Å². The summed E-state index contributed by atoms with van der Waals surface area (Å²) in [5.41, 5.74) is 0. The fraction of sp³-hybridized carbons (Fsp3) is 0.455. The van der Waals surface area contributed by atoms with Crippen molar-refractivity contribution < 1.29 is 19.5 Å². The van der Waals surface area contributed by atoms with Gasteiger partial charge in [-0.2, -0.15) is 33.8 Å². The summed E-state index contributed by atoms with van der Waals surface area (Å²) < 4.78 is 0. The van der Waals surface area contributed by atoms with Crippen molar-refractivity contribution in [1.82, 2.24) is 0 Å². The van der Waals surface area contributed by atoms with Crippen molar-refractivity contribution in [2.45, 2.75) is 34.1 Å². The van der Waals surface area contributed by atoms with Gasteiger partial charge in [-0.15, -0.1) is 6.42 Å². The molecule has 0 aromatic heterocycles. The van der Waals surface area contributed by atoms with Crippen LogP contribution in [0.25, 0.3) is 0 Å². The molecule has 1 heteroatoms. The molecule has 0 bridgehead atoms. The van der Waals surface area contributed by atoms with E-state index < -0.39 is 0 Å². The van der Waals surface area contributed by atoms with Crippen LogP contribution >= 0.6 is 0 Å². The normalized spacial score (nSPS) is 10.3. The molecule has 0 saturated heterocycles. The maximum atomic E-state index is 2.99. The Morgan fingerprint density at radius 3 is 1.58 bits per heavy atom. The van der Waals surface area contributed by atoms with Gasteiger partial charge in [-0.05, 0) is 0 Å². The largest absolute Gasteiger partial charge is 3.00 e. The second kappa shape index (κ2) is 22.5. The van der Waals surface area contributed by atoms with E-state index in [-0.39, 0.29) is 19.5 Å². The standard InChI is InChI=1S/C5H5.2C3H7.Ru/c1-2-4-5-3-1;2*1-3-2;/h1-3H,4H2;2*3H,1-2H3;/q3*-1;+3. The molecular formula is C11H19Ru. The fourth-order valence-electron chi connectivity index (χ4n) is 0.340. The van der Waals surface area contributed by atoms with E-state index in [1.54, 1.807) is 0 Å². The third-order valence-corrected chi connectivity index (χ3v) is 0.586. The number of allylic oxidation sites excluding steroid dienone is 4. The number of rotatable bonds is 0. The van der Waals surface area contributed by atoms with Gasteiger partial charge in [-0.3, -0.25) is 6.08 Å². The Hall–Kier alpha value is 0.103. The maximum Gasteiger partial charge on any atom is 3.00 e. The molecule has 1 rings (SSSR count). The molecule has 0 fully saturated rings. The summed E-state index contributed by atoms with van der Waals surface area (Å²) in [6.45, 7) is 8.00. The zero-order valence-electron chi connectivity index (χ0n) is 8.45. The van der Waals surface area contributed by atoms with Crippen molar-refractivity contribution in [3.63, 3.8) is 0 Å². The number of hydrogen-bond acceptors (Lipinski definition) is 0. The van der Waals surface area contributed by atoms with Crippen LogP contribution < -0.4 is 0 Å². The minimum atomic E-state index is 0. The zero-order chi connectivity index (χ0) is 8.95. The summed E-state index contributed by atoms with van der Waals surface area (Å²) in [6, 6.07) is 0. The van der Waals surface area contributed by atoms with Crippen LogP contribution in [0.15, 0.2) is 18.2 Å². The van der Waals surface area contributed by atoms with E-state index >= 15 is 0 Å². The van der Waals surface area contributed by atoms with Gasteiger partial charge in [0.25, 0.3) is 0 Å². The first-order chi connectivity index (χ1) is 5.33. The molecule has 0 amide bonds. The Morgan fingerprint density at radius 2 is 1.50 bits per heavy atom. The van der Waals surface area contributed by atoms with E-state index in [2.05, 4.69) is 12.2 Å². The molecule has 0 unspecified atom stereocenters. The summed E-state index contributed by atoms with van der Waals surface area (Å²) in [4.78, 5) is 0. The molecule has 12 heavy (non-hydrogen) atoms. The van der Waals surface area contributed by atoms with Crippen molar-refractivity contribution in [2.24, 2.45) is 0 Å². The third-order valence-electron chi connectivity index (χ3n) is 0.586. The summed E-state index contributed by atoms with van der Waals surface area (Å²) in [5, 5.41) is 0. The third kappa shape index (κ3) is 32.1. The van der Waals surface area contributed by atoms with E-state index in [0.29, 0.717) is 0 Å². The molecule has 1 aliphatic rings. The molecule has 0 atom stereocenters. The summed E-state index contributed by atoms with van der Waals surface area (Å²) >= 11 is 0. The SMILES string of the molecule is C[CH-]C.C[CH-]C.[C-]1=CC=CC1.[Ru+3]. The van der Waals surface area contributed by atoms with Crippen LogP contribution in [0.1, 0.15) is 34.1 Å². The van der Waals surface area contributed by atoms with Gasteiger partial charge < -0.3 is 12.8 Å². The monoisotopic (exact) mass is 253 g/mol. The van der Waals surface area contributed by atoms with Crippen LogP contribution in [-0.2, 0) is 19.5 Å². The number of hydrogen-bond donors (Lipinski definition) is 0. The first-order valence-electron chi connectivity index (χ1n) is 4.03. The molecule has 0 aromatic carbocycles. The van der Waals surface area contributed by atoms with E-state index in [0.717, 1.165) is 6.42 Å². The van der Waals surface area contributed by atoms with Gasteiger partial charge in [0.15, 0.2) is 0 Å². The van der Waals surface area contributed by atoms with Gasteiger partial charge in [0.1, 0.15) is 0 Å². The quantitative estimate of drug-likeness (QED) is 0.455. The van der Waals surface area contributed by atoms with Crippen LogP contribution in [-0.4, -0.2) is 0 Å². The van der Waals surface area contributed by atoms with Crippen LogP contribution in [0, 0.1) is 18.9 Å². The minimum absolute atomic E-state index is 0. The van der Waals surface area contributed by atoms with Crippen LogP contribution in [0.4, 0.5) is 0 Å². The summed E-state index contributed by atoms with van der Waals surface area (Å²) in [5.74, 6) is 0. The minimum Gasteiger partial charge on any atom is -0.335 e. The smallest absolute Gasteiger partial charge is 0.335 e. The molecular weight excluding hydrogens is 233 g/mol. The molecule has 0 saturated carbocycles. The van der Waals surface area contributed by atoms with Gasteiger partial charge >= 0.3 is 19.5 Å². The predicted octanol–water partition coefficient (Wildman–Crippen LogP) is 3.76. The van der Waals surface area contributed by atoms with Crippen molar-refractivity contribution in [1.29, 1.82) is 0 Å². The summed E-state index contributed by atoms with van der Waals surface area (Å²) in [6.07, 6.45) is 14.0. The van der Waals surface area contributed by atoms with E-state index in [1.165, 1.54) is 0 Å². The van der Waals surface area contributed by atoms with Gasteiger partial charge in [-0.1, -0.05) is 0 Å². The van der Waals surface area contributed by atoms with E-state index in [4.69, 9.17) is 0 Å². The Balaban J connectivity index is -0.000000104. The van der Waals surface area contributed by atoms with Crippen molar-refractivity contribution in [2.75, 3.05) is 0 Å². The molecule has 0 N–H and O–H groups in total. The van der Waals surface area contributed by atoms with Crippen molar-refractivity contribution >= 4 is 0 Å². The molecule has 0 nitrogen and oxygen atoms in total. The molecule has 0 spiro atoms. The molecule has 0 heterocycles. The van der Waals surface area contributed by atoms with Gasteiger partial charge in [0, 0.05) is 0 Å². The molecule has 1 aliphatic carbocycles. The Kier molecular flexibility index (Phi) is 33.7. The average molecular weight is 252 g/mol. The van der Waals surface area contributed by atoms with Crippen LogP contribution in [0.2, 0.25) is 0 Å². The van der Waals surface area contributed by atoms with E-state index in [1.807, 2.05) is 52.7 Å². The van der Waals surface area contributed by atoms with Crippen LogP contribution in [0.5, 0.6) is 0 Å². The topological polar surface area (TPSA) is 0 Å². The van der Waals surface area contributed by atoms with Gasteiger partial charge in [-0.25, -0.2) is 12.2 Å². The van der Waals surface area contributed by atoms with Gasteiger partial charge in [0.2, 0.25) is 0 Å². The first kappa shape index (κ1) is 18.0. The van der Waals surface area contributed by atoms with Crippen molar-refractivity contribution in [3.8, 4) is 0 Å². The molecule has 0 aromatic rings. The van der Waals surface area contributed by atoms with E-state index in [9.17, 15) is 0 Å².